The van der Waals surface area contributed by atoms with Crippen LogP contribution in [-0.4, -0.2) is 21.2 Å². The fourth-order valence-electron chi connectivity index (χ4n) is 2.77. The lowest BCUT2D eigenvalue weighted by molar-refractivity contribution is 0.415. The second-order valence-electron chi connectivity index (χ2n) is 5.76. The fraction of sp³-hybridized carbons (Fsp3) is 0.143. The van der Waals surface area contributed by atoms with Crippen LogP contribution in [-0.2, 0) is 0 Å². The van der Waals surface area contributed by atoms with Gasteiger partial charge in [0.1, 0.15) is 5.75 Å². The SMILES string of the molecule is COc1ccc(N(C)C)c(N(c2ccccc2)c2ccccc2)c1. The predicted octanol–water partition coefficient (Wildman–Crippen LogP) is 5.23. The fourth-order valence-corrected chi connectivity index (χ4v) is 2.77. The van der Waals surface area contributed by atoms with Gasteiger partial charge in [-0.1, -0.05) is 36.4 Å². The third-order valence-corrected chi connectivity index (χ3v) is 3.93. The second-order valence-corrected chi connectivity index (χ2v) is 5.76. The van der Waals surface area contributed by atoms with E-state index in [2.05, 4.69) is 84.6 Å². The van der Waals surface area contributed by atoms with E-state index in [1.165, 1.54) is 0 Å². The van der Waals surface area contributed by atoms with Crippen molar-refractivity contribution in [3.8, 4) is 5.75 Å². The van der Waals surface area contributed by atoms with Crippen LogP contribution in [0.25, 0.3) is 0 Å². The third kappa shape index (κ3) is 3.20. The summed E-state index contributed by atoms with van der Waals surface area (Å²) in [7, 11) is 5.81. The molecular formula is C21H22N2O. The van der Waals surface area contributed by atoms with E-state index < -0.39 is 0 Å². The molecule has 3 rings (SSSR count). The number of hydrogen-bond donors (Lipinski definition) is 0. The molecule has 0 aliphatic carbocycles. The van der Waals surface area contributed by atoms with Crippen molar-refractivity contribution in [3.63, 3.8) is 0 Å². The highest BCUT2D eigenvalue weighted by atomic mass is 16.5. The quantitative estimate of drug-likeness (QED) is 0.640. The minimum atomic E-state index is 0.840. The summed E-state index contributed by atoms with van der Waals surface area (Å²) in [5.74, 6) is 0.840. The van der Waals surface area contributed by atoms with Crippen LogP contribution >= 0.6 is 0 Å². The Balaban J connectivity index is 2.23. The van der Waals surface area contributed by atoms with E-state index in [9.17, 15) is 0 Å². The maximum absolute atomic E-state index is 5.47. The smallest absolute Gasteiger partial charge is 0.121 e. The van der Waals surface area contributed by atoms with Crippen LogP contribution in [0.2, 0.25) is 0 Å². The van der Waals surface area contributed by atoms with Gasteiger partial charge >= 0.3 is 0 Å². The van der Waals surface area contributed by atoms with Gasteiger partial charge in [-0.05, 0) is 36.4 Å². The van der Waals surface area contributed by atoms with E-state index in [4.69, 9.17) is 4.74 Å². The molecule has 0 spiro atoms. The first kappa shape index (κ1) is 15.9. The molecule has 3 nitrogen and oxygen atoms in total. The minimum absolute atomic E-state index is 0.840. The standard InChI is InChI=1S/C21H22N2O/c1-22(2)20-15-14-19(24-3)16-21(20)23(17-10-6-4-7-11-17)18-12-8-5-9-13-18/h4-16H,1-3H3. The Kier molecular flexibility index (Phi) is 4.71. The summed E-state index contributed by atoms with van der Waals surface area (Å²) in [6, 6.07) is 26.9. The van der Waals surface area contributed by atoms with Crippen molar-refractivity contribution in [1.82, 2.24) is 0 Å². The first-order valence-electron chi connectivity index (χ1n) is 7.96. The molecule has 0 unspecified atom stereocenters. The predicted molar refractivity (Wildman–Crippen MR) is 102 cm³/mol. The number of anilines is 4. The summed E-state index contributed by atoms with van der Waals surface area (Å²) in [5.41, 5.74) is 4.43. The molecule has 0 saturated heterocycles. The van der Waals surface area contributed by atoms with E-state index in [1.54, 1.807) is 7.11 Å². The number of benzene rings is 3. The first-order chi connectivity index (χ1) is 11.7. The minimum Gasteiger partial charge on any atom is -0.497 e. The summed E-state index contributed by atoms with van der Waals surface area (Å²) >= 11 is 0. The Morgan fingerprint density at radius 1 is 0.667 bits per heavy atom. The van der Waals surface area contributed by atoms with E-state index in [0.717, 1.165) is 28.5 Å². The van der Waals surface area contributed by atoms with Crippen molar-refractivity contribution in [2.24, 2.45) is 0 Å². The van der Waals surface area contributed by atoms with Gasteiger partial charge in [-0.2, -0.15) is 0 Å². The van der Waals surface area contributed by atoms with E-state index in [1.807, 2.05) is 18.2 Å². The lowest BCUT2D eigenvalue weighted by atomic mass is 10.1. The number of rotatable bonds is 5. The average Bonchev–Trinajstić information content (AvgIpc) is 2.63. The molecule has 0 bridgehead atoms. The zero-order chi connectivity index (χ0) is 16.9. The molecule has 0 aliphatic rings. The van der Waals surface area contributed by atoms with Gasteiger partial charge in [0.2, 0.25) is 0 Å². The zero-order valence-corrected chi connectivity index (χ0v) is 14.3. The van der Waals surface area contributed by atoms with Gasteiger partial charge in [-0.15, -0.1) is 0 Å². The van der Waals surface area contributed by atoms with Gasteiger partial charge in [0.15, 0.2) is 0 Å². The molecular weight excluding hydrogens is 296 g/mol. The van der Waals surface area contributed by atoms with E-state index >= 15 is 0 Å². The van der Waals surface area contributed by atoms with Crippen molar-refractivity contribution in [2.45, 2.75) is 0 Å². The summed E-state index contributed by atoms with van der Waals surface area (Å²) < 4.78 is 5.47. The van der Waals surface area contributed by atoms with Crippen molar-refractivity contribution in [1.29, 1.82) is 0 Å². The summed E-state index contributed by atoms with van der Waals surface area (Å²) in [6.45, 7) is 0. The summed E-state index contributed by atoms with van der Waals surface area (Å²) in [5, 5.41) is 0. The Labute approximate surface area is 143 Å². The first-order valence-corrected chi connectivity index (χ1v) is 7.96. The topological polar surface area (TPSA) is 15.7 Å². The Hall–Kier alpha value is -2.94. The third-order valence-electron chi connectivity index (χ3n) is 3.93. The van der Waals surface area contributed by atoms with Crippen LogP contribution in [0.5, 0.6) is 5.75 Å². The van der Waals surface area contributed by atoms with Crippen LogP contribution in [0, 0.1) is 0 Å². The molecule has 122 valence electrons. The van der Waals surface area contributed by atoms with Gasteiger partial charge in [0.25, 0.3) is 0 Å². The normalized spacial score (nSPS) is 10.3. The van der Waals surface area contributed by atoms with E-state index in [0.29, 0.717) is 0 Å². The molecule has 0 fully saturated rings. The number of ether oxygens (including phenoxy) is 1. The highest BCUT2D eigenvalue weighted by molar-refractivity contribution is 5.85. The zero-order valence-electron chi connectivity index (χ0n) is 14.3. The molecule has 3 aromatic carbocycles. The number of methoxy groups -OCH3 is 1. The molecule has 0 N–H and O–H groups in total. The molecule has 0 atom stereocenters. The molecule has 0 saturated carbocycles. The molecule has 3 aromatic rings. The van der Waals surface area contributed by atoms with Crippen LogP contribution < -0.4 is 14.5 Å². The lowest BCUT2D eigenvalue weighted by Crippen LogP contribution is -2.16. The van der Waals surface area contributed by atoms with Gasteiger partial charge in [-0.25, -0.2) is 0 Å². The lowest BCUT2D eigenvalue weighted by Gasteiger charge is -2.30. The highest BCUT2D eigenvalue weighted by Gasteiger charge is 2.17. The van der Waals surface area contributed by atoms with Gasteiger partial charge < -0.3 is 14.5 Å². The molecule has 0 amide bonds. The summed E-state index contributed by atoms with van der Waals surface area (Å²) in [4.78, 5) is 4.37. The Morgan fingerprint density at radius 2 is 1.21 bits per heavy atom. The monoisotopic (exact) mass is 318 g/mol. The number of hydrogen-bond acceptors (Lipinski definition) is 3. The Morgan fingerprint density at radius 3 is 1.67 bits per heavy atom. The van der Waals surface area contributed by atoms with Crippen molar-refractivity contribution >= 4 is 22.7 Å². The summed E-state index contributed by atoms with van der Waals surface area (Å²) in [6.07, 6.45) is 0. The molecule has 24 heavy (non-hydrogen) atoms. The van der Waals surface area contributed by atoms with Crippen molar-refractivity contribution in [3.05, 3.63) is 78.9 Å². The number of para-hydroxylation sites is 2. The van der Waals surface area contributed by atoms with Crippen molar-refractivity contribution in [2.75, 3.05) is 31.0 Å². The van der Waals surface area contributed by atoms with Crippen LogP contribution in [0.15, 0.2) is 78.9 Å². The second kappa shape index (κ2) is 7.09. The molecule has 3 heteroatoms. The van der Waals surface area contributed by atoms with Crippen LogP contribution in [0.4, 0.5) is 22.7 Å². The number of nitrogens with zero attached hydrogens (tertiary/aromatic N) is 2. The van der Waals surface area contributed by atoms with E-state index in [-0.39, 0.29) is 0 Å². The van der Waals surface area contributed by atoms with Gasteiger partial charge in [0, 0.05) is 31.5 Å². The molecule has 0 aliphatic heterocycles. The highest BCUT2D eigenvalue weighted by Crippen LogP contribution is 2.41. The largest absolute Gasteiger partial charge is 0.497 e. The molecule has 0 radical (unpaired) electrons. The van der Waals surface area contributed by atoms with Gasteiger partial charge in [0.05, 0.1) is 18.5 Å². The maximum atomic E-state index is 5.47. The molecule has 0 heterocycles. The maximum Gasteiger partial charge on any atom is 0.121 e. The van der Waals surface area contributed by atoms with Crippen LogP contribution in [0.1, 0.15) is 0 Å². The Bertz CT molecular complexity index is 746. The van der Waals surface area contributed by atoms with Gasteiger partial charge in [-0.3, -0.25) is 0 Å². The van der Waals surface area contributed by atoms with Crippen LogP contribution in [0.3, 0.4) is 0 Å². The average molecular weight is 318 g/mol. The molecule has 0 aromatic heterocycles. The van der Waals surface area contributed by atoms with Crippen molar-refractivity contribution < 1.29 is 4.74 Å².